The molecule has 0 aliphatic heterocycles. The summed E-state index contributed by atoms with van der Waals surface area (Å²) in [4.78, 5) is 13.4. The van der Waals surface area contributed by atoms with Crippen LogP contribution in [0.2, 0.25) is 0 Å². The summed E-state index contributed by atoms with van der Waals surface area (Å²) in [6.07, 6.45) is 32.1. The molecule has 0 bridgehead atoms. The molecule has 0 amide bonds. The summed E-state index contributed by atoms with van der Waals surface area (Å²) in [5.41, 5.74) is 0. The topological polar surface area (TPSA) is 29.5 Å². The van der Waals surface area contributed by atoms with Crippen LogP contribution in [0.1, 0.15) is 142 Å². The first-order chi connectivity index (χ1) is 16.1. The number of unbranched alkanes of at least 4 members (excludes halogenated alkanes) is 15. The quantitative estimate of drug-likeness (QED) is 0.0764. The first-order valence-corrected chi connectivity index (χ1v) is 14.5. The number of ether oxygens (including phenoxy) is 1. The molecule has 0 heterocycles. The predicted molar refractivity (Wildman–Crippen MR) is 146 cm³/mol. The Labute approximate surface area is 208 Å². The van der Waals surface area contributed by atoms with E-state index in [-0.39, 0.29) is 5.97 Å². The van der Waals surface area contributed by atoms with Crippen molar-refractivity contribution >= 4 is 5.97 Å². The van der Waals surface area contributed by atoms with Crippen molar-refractivity contribution in [2.24, 2.45) is 5.92 Å². The summed E-state index contributed by atoms with van der Waals surface area (Å²) in [6.45, 7) is 3.57. The van der Waals surface area contributed by atoms with Gasteiger partial charge < -0.3 is 9.64 Å². The maximum absolute atomic E-state index is 11.0. The van der Waals surface area contributed by atoms with Gasteiger partial charge in [-0.1, -0.05) is 103 Å². The first-order valence-electron chi connectivity index (χ1n) is 14.5. The Morgan fingerprint density at radius 1 is 0.697 bits per heavy atom. The van der Waals surface area contributed by atoms with Gasteiger partial charge in [-0.05, 0) is 65.0 Å². The average molecular weight is 466 g/mol. The van der Waals surface area contributed by atoms with Gasteiger partial charge >= 0.3 is 5.97 Å². The van der Waals surface area contributed by atoms with Crippen molar-refractivity contribution in [3.8, 4) is 0 Å². The highest BCUT2D eigenvalue weighted by Gasteiger charge is 2.09. The maximum Gasteiger partial charge on any atom is 0.305 e. The molecular weight excluding hydrogens is 406 g/mol. The summed E-state index contributed by atoms with van der Waals surface area (Å²) in [5.74, 6) is 0.835. The van der Waals surface area contributed by atoms with Crippen molar-refractivity contribution in [2.75, 3.05) is 27.7 Å². The molecule has 0 aromatic heterocycles. The van der Waals surface area contributed by atoms with Crippen molar-refractivity contribution in [2.45, 2.75) is 142 Å². The molecule has 0 aliphatic carbocycles. The third kappa shape index (κ3) is 25.6. The Balaban J connectivity index is 3.47. The zero-order chi connectivity index (χ0) is 24.4. The fraction of sp³-hybridized carbons (Fsp3) is 0.900. The van der Waals surface area contributed by atoms with Crippen LogP contribution in [0.3, 0.4) is 0 Å². The molecule has 196 valence electrons. The highest BCUT2D eigenvalue weighted by atomic mass is 16.5. The zero-order valence-corrected chi connectivity index (χ0v) is 23.1. The van der Waals surface area contributed by atoms with Crippen LogP contribution in [0.5, 0.6) is 0 Å². The van der Waals surface area contributed by atoms with Gasteiger partial charge in [0.25, 0.3) is 0 Å². The molecule has 0 N–H and O–H groups in total. The third-order valence-electron chi connectivity index (χ3n) is 6.72. The third-order valence-corrected chi connectivity index (χ3v) is 6.72. The van der Waals surface area contributed by atoms with Gasteiger partial charge in [-0.3, -0.25) is 4.79 Å². The van der Waals surface area contributed by atoms with Gasteiger partial charge in [0, 0.05) is 13.0 Å². The van der Waals surface area contributed by atoms with Crippen LogP contribution in [-0.2, 0) is 9.53 Å². The number of nitrogens with zero attached hydrogens (tertiary/aromatic N) is 1. The molecular formula is C30H59NO2. The SMILES string of the molecule is CCCCCCCC(CCCCCCCC/C=C\CCCCCCCC(=O)OC)CN(C)C. The van der Waals surface area contributed by atoms with E-state index in [0.29, 0.717) is 6.42 Å². The Kier molecular flexibility index (Phi) is 25.1. The normalized spacial score (nSPS) is 12.6. The van der Waals surface area contributed by atoms with Gasteiger partial charge in [0.1, 0.15) is 0 Å². The van der Waals surface area contributed by atoms with Crippen LogP contribution in [-0.4, -0.2) is 38.6 Å². The van der Waals surface area contributed by atoms with E-state index in [1.54, 1.807) is 0 Å². The molecule has 0 aromatic rings. The number of esters is 1. The van der Waals surface area contributed by atoms with Gasteiger partial charge in [-0.2, -0.15) is 0 Å². The van der Waals surface area contributed by atoms with Crippen molar-refractivity contribution in [3.63, 3.8) is 0 Å². The molecule has 0 rings (SSSR count). The lowest BCUT2D eigenvalue weighted by Crippen LogP contribution is -2.21. The van der Waals surface area contributed by atoms with E-state index in [2.05, 4.69) is 42.8 Å². The molecule has 0 fully saturated rings. The smallest absolute Gasteiger partial charge is 0.305 e. The van der Waals surface area contributed by atoms with Gasteiger partial charge in [-0.25, -0.2) is 0 Å². The molecule has 3 nitrogen and oxygen atoms in total. The summed E-state index contributed by atoms with van der Waals surface area (Å²) in [5, 5.41) is 0. The molecule has 0 aromatic carbocycles. The van der Waals surface area contributed by atoms with E-state index < -0.39 is 0 Å². The van der Waals surface area contributed by atoms with Crippen LogP contribution in [0.4, 0.5) is 0 Å². The number of hydrogen-bond donors (Lipinski definition) is 0. The van der Waals surface area contributed by atoms with E-state index in [4.69, 9.17) is 0 Å². The molecule has 0 saturated heterocycles. The maximum atomic E-state index is 11.0. The lowest BCUT2D eigenvalue weighted by Gasteiger charge is -2.21. The molecule has 0 aliphatic rings. The summed E-state index contributed by atoms with van der Waals surface area (Å²) in [6, 6.07) is 0. The molecule has 0 saturated carbocycles. The molecule has 1 unspecified atom stereocenters. The number of hydrogen-bond acceptors (Lipinski definition) is 3. The van der Waals surface area contributed by atoms with Gasteiger partial charge in [0.15, 0.2) is 0 Å². The Hall–Kier alpha value is -0.830. The molecule has 3 heteroatoms. The molecule has 0 radical (unpaired) electrons. The highest BCUT2D eigenvalue weighted by Crippen LogP contribution is 2.20. The molecule has 33 heavy (non-hydrogen) atoms. The van der Waals surface area contributed by atoms with Crippen LogP contribution in [0, 0.1) is 5.92 Å². The van der Waals surface area contributed by atoms with Crippen LogP contribution in [0.25, 0.3) is 0 Å². The first kappa shape index (κ1) is 32.2. The predicted octanol–water partition coefficient (Wildman–Crippen LogP) is 9.11. The molecule has 1 atom stereocenters. The van der Waals surface area contributed by atoms with Crippen molar-refractivity contribution < 1.29 is 9.53 Å². The fourth-order valence-electron chi connectivity index (χ4n) is 4.68. The summed E-state index contributed by atoms with van der Waals surface area (Å²) in [7, 11) is 5.93. The fourth-order valence-corrected chi connectivity index (χ4v) is 4.68. The summed E-state index contributed by atoms with van der Waals surface area (Å²) >= 11 is 0. The van der Waals surface area contributed by atoms with Crippen LogP contribution >= 0.6 is 0 Å². The van der Waals surface area contributed by atoms with Gasteiger partial charge in [0.05, 0.1) is 7.11 Å². The van der Waals surface area contributed by atoms with E-state index in [9.17, 15) is 4.79 Å². The minimum Gasteiger partial charge on any atom is -0.469 e. The number of carbonyl (C=O) groups excluding carboxylic acids is 1. The average Bonchev–Trinajstić information content (AvgIpc) is 2.80. The van der Waals surface area contributed by atoms with E-state index >= 15 is 0 Å². The van der Waals surface area contributed by atoms with Crippen LogP contribution in [0.15, 0.2) is 12.2 Å². The van der Waals surface area contributed by atoms with E-state index in [1.807, 2.05) is 0 Å². The second kappa shape index (κ2) is 25.8. The molecule has 0 spiro atoms. The van der Waals surface area contributed by atoms with Crippen LogP contribution < -0.4 is 0 Å². The number of rotatable bonds is 25. The minimum atomic E-state index is -0.0740. The summed E-state index contributed by atoms with van der Waals surface area (Å²) < 4.78 is 4.67. The van der Waals surface area contributed by atoms with Crippen molar-refractivity contribution in [1.29, 1.82) is 0 Å². The second-order valence-corrected chi connectivity index (χ2v) is 10.4. The van der Waals surface area contributed by atoms with Crippen molar-refractivity contribution in [3.05, 3.63) is 12.2 Å². The lowest BCUT2D eigenvalue weighted by molar-refractivity contribution is -0.140. The largest absolute Gasteiger partial charge is 0.469 e. The lowest BCUT2D eigenvalue weighted by atomic mass is 9.93. The number of allylic oxidation sites excluding steroid dienone is 2. The Morgan fingerprint density at radius 3 is 1.64 bits per heavy atom. The number of carbonyl (C=O) groups is 1. The van der Waals surface area contributed by atoms with Gasteiger partial charge in [-0.15, -0.1) is 0 Å². The van der Waals surface area contributed by atoms with Gasteiger partial charge in [0.2, 0.25) is 0 Å². The van der Waals surface area contributed by atoms with E-state index in [0.717, 1.165) is 18.8 Å². The monoisotopic (exact) mass is 465 g/mol. The number of methoxy groups -OCH3 is 1. The minimum absolute atomic E-state index is 0.0740. The van der Waals surface area contributed by atoms with Crippen molar-refractivity contribution in [1.82, 2.24) is 4.90 Å². The highest BCUT2D eigenvalue weighted by molar-refractivity contribution is 5.68. The Morgan fingerprint density at radius 2 is 1.15 bits per heavy atom. The van der Waals surface area contributed by atoms with E-state index in [1.165, 1.54) is 129 Å². The second-order valence-electron chi connectivity index (χ2n) is 10.4. The zero-order valence-electron chi connectivity index (χ0n) is 23.1. The Bertz CT molecular complexity index is 433. The standard InChI is InChI=1S/C30H59NO2/c1-5-6-7-19-22-25-29(28-31(2)3)26-23-20-17-15-13-11-9-8-10-12-14-16-18-21-24-27-30(32)33-4/h8,10,29H,5-7,9,11-28H2,1-4H3/b10-8-.